The first-order valence-corrected chi connectivity index (χ1v) is 6.86. The van der Waals surface area contributed by atoms with Crippen molar-refractivity contribution in [3.8, 4) is 0 Å². The molecule has 0 spiro atoms. The fraction of sp³-hybridized carbons (Fsp3) is 0.0714. The van der Waals surface area contributed by atoms with Crippen LogP contribution in [0.15, 0.2) is 53.1 Å². The average molecular weight is 331 g/mol. The molecule has 3 aromatic rings. The van der Waals surface area contributed by atoms with Gasteiger partial charge in [0.1, 0.15) is 0 Å². The molecular formula is C14H11BrN4O. The van der Waals surface area contributed by atoms with E-state index in [1.807, 2.05) is 40.9 Å². The molecule has 0 saturated heterocycles. The summed E-state index contributed by atoms with van der Waals surface area (Å²) < 4.78 is 2.77. The van der Waals surface area contributed by atoms with Crippen LogP contribution in [0.4, 0.5) is 0 Å². The summed E-state index contributed by atoms with van der Waals surface area (Å²) in [4.78, 5) is 12.0. The molecule has 5 nitrogen and oxygen atoms in total. The maximum Gasteiger partial charge on any atom is 0.251 e. The lowest BCUT2D eigenvalue weighted by molar-refractivity contribution is 0.0950. The van der Waals surface area contributed by atoms with E-state index < -0.39 is 0 Å². The van der Waals surface area contributed by atoms with E-state index in [2.05, 4.69) is 31.4 Å². The van der Waals surface area contributed by atoms with E-state index >= 15 is 0 Å². The normalized spacial score (nSPS) is 10.7. The zero-order valence-corrected chi connectivity index (χ0v) is 12.0. The van der Waals surface area contributed by atoms with Crippen LogP contribution < -0.4 is 5.32 Å². The summed E-state index contributed by atoms with van der Waals surface area (Å²) in [7, 11) is 0. The quantitative estimate of drug-likeness (QED) is 0.802. The average Bonchev–Trinajstić information content (AvgIpc) is 2.88. The molecule has 100 valence electrons. The molecule has 0 unspecified atom stereocenters. The Morgan fingerprint density at radius 1 is 1.15 bits per heavy atom. The Bertz CT molecular complexity index is 754. The summed E-state index contributed by atoms with van der Waals surface area (Å²) in [6, 6.07) is 12.8. The van der Waals surface area contributed by atoms with Gasteiger partial charge in [-0.25, -0.2) is 0 Å². The first-order chi connectivity index (χ1) is 9.74. The topological polar surface area (TPSA) is 59.3 Å². The molecule has 0 saturated carbocycles. The van der Waals surface area contributed by atoms with Gasteiger partial charge in [-0.3, -0.25) is 9.20 Å². The first kappa shape index (κ1) is 12.8. The number of nitrogens with zero attached hydrogens (tertiary/aromatic N) is 3. The van der Waals surface area contributed by atoms with Gasteiger partial charge in [0.05, 0.1) is 6.54 Å². The molecule has 20 heavy (non-hydrogen) atoms. The lowest BCUT2D eigenvalue weighted by Gasteiger charge is -2.04. The first-order valence-electron chi connectivity index (χ1n) is 6.06. The van der Waals surface area contributed by atoms with Crippen LogP contribution in [0.2, 0.25) is 0 Å². The minimum Gasteiger partial charge on any atom is -0.345 e. The predicted octanol–water partition coefficient (Wildman–Crippen LogP) is 2.42. The fourth-order valence-corrected chi connectivity index (χ4v) is 2.22. The Kier molecular flexibility index (Phi) is 3.47. The summed E-state index contributed by atoms with van der Waals surface area (Å²) in [6.45, 7) is 0.325. The maximum atomic E-state index is 12.0. The van der Waals surface area contributed by atoms with E-state index in [1.54, 1.807) is 12.1 Å². The third kappa shape index (κ3) is 2.55. The summed E-state index contributed by atoms with van der Waals surface area (Å²) in [6.07, 6.45) is 1.87. The summed E-state index contributed by atoms with van der Waals surface area (Å²) in [5.41, 5.74) is 1.37. The van der Waals surface area contributed by atoms with Crippen molar-refractivity contribution in [1.82, 2.24) is 19.9 Å². The molecular weight excluding hydrogens is 320 g/mol. The van der Waals surface area contributed by atoms with Gasteiger partial charge in [-0.05, 0) is 40.2 Å². The second kappa shape index (κ2) is 5.42. The van der Waals surface area contributed by atoms with Gasteiger partial charge in [-0.15, -0.1) is 10.2 Å². The van der Waals surface area contributed by atoms with Gasteiger partial charge in [0.2, 0.25) is 0 Å². The van der Waals surface area contributed by atoms with Crippen LogP contribution in [0.3, 0.4) is 0 Å². The van der Waals surface area contributed by atoms with Crippen LogP contribution in [0.25, 0.3) is 5.65 Å². The number of nitrogens with one attached hydrogen (secondary N) is 1. The number of benzene rings is 1. The number of rotatable bonds is 3. The van der Waals surface area contributed by atoms with Crippen molar-refractivity contribution in [3.05, 3.63) is 64.5 Å². The molecule has 3 rings (SSSR count). The molecule has 0 bridgehead atoms. The number of hydrogen-bond acceptors (Lipinski definition) is 3. The van der Waals surface area contributed by atoms with Crippen LogP contribution in [-0.4, -0.2) is 20.5 Å². The van der Waals surface area contributed by atoms with Crippen molar-refractivity contribution >= 4 is 27.5 Å². The molecule has 2 heterocycles. The van der Waals surface area contributed by atoms with E-state index in [0.717, 1.165) is 10.1 Å². The number of hydrogen-bond donors (Lipinski definition) is 1. The largest absolute Gasteiger partial charge is 0.345 e. The highest BCUT2D eigenvalue weighted by molar-refractivity contribution is 9.10. The number of aromatic nitrogens is 3. The van der Waals surface area contributed by atoms with Gasteiger partial charge in [-0.1, -0.05) is 18.2 Å². The molecule has 1 N–H and O–H groups in total. The molecule has 0 atom stereocenters. The number of carbonyl (C=O) groups is 1. The standard InChI is InChI=1S/C14H11BrN4O/c15-11-6-7-12-17-18-13(19(12)9-11)8-16-14(20)10-4-2-1-3-5-10/h1-7,9H,8H2,(H,16,20). The highest BCUT2D eigenvalue weighted by atomic mass is 79.9. The second-order valence-electron chi connectivity index (χ2n) is 4.24. The van der Waals surface area contributed by atoms with Crippen molar-refractivity contribution in [2.75, 3.05) is 0 Å². The van der Waals surface area contributed by atoms with Crippen molar-refractivity contribution in [2.45, 2.75) is 6.54 Å². The Morgan fingerprint density at radius 2 is 1.95 bits per heavy atom. The zero-order valence-electron chi connectivity index (χ0n) is 10.5. The van der Waals surface area contributed by atoms with Crippen molar-refractivity contribution in [1.29, 1.82) is 0 Å². The van der Waals surface area contributed by atoms with Crippen molar-refractivity contribution in [2.24, 2.45) is 0 Å². The van der Waals surface area contributed by atoms with Crippen molar-refractivity contribution < 1.29 is 4.79 Å². The highest BCUT2D eigenvalue weighted by Gasteiger charge is 2.08. The van der Waals surface area contributed by atoms with Crippen LogP contribution >= 0.6 is 15.9 Å². The SMILES string of the molecule is O=C(NCc1nnc2ccc(Br)cn12)c1ccccc1. The molecule has 0 fully saturated rings. The lowest BCUT2D eigenvalue weighted by atomic mass is 10.2. The van der Waals surface area contributed by atoms with Crippen LogP contribution in [0.5, 0.6) is 0 Å². The molecule has 1 amide bonds. The number of fused-ring (bicyclic) bond motifs is 1. The third-order valence-corrected chi connectivity index (χ3v) is 3.35. The lowest BCUT2D eigenvalue weighted by Crippen LogP contribution is -2.23. The van der Waals surface area contributed by atoms with E-state index in [1.165, 1.54) is 0 Å². The van der Waals surface area contributed by atoms with Crippen LogP contribution in [0.1, 0.15) is 16.2 Å². The Balaban J connectivity index is 1.77. The minimum atomic E-state index is -0.127. The Labute approximate surface area is 123 Å². The smallest absolute Gasteiger partial charge is 0.251 e. The molecule has 0 radical (unpaired) electrons. The molecule has 2 aromatic heterocycles. The predicted molar refractivity (Wildman–Crippen MR) is 78.3 cm³/mol. The fourth-order valence-electron chi connectivity index (χ4n) is 1.88. The number of carbonyl (C=O) groups excluding carboxylic acids is 1. The minimum absolute atomic E-state index is 0.127. The van der Waals surface area contributed by atoms with E-state index in [9.17, 15) is 4.79 Å². The Morgan fingerprint density at radius 3 is 2.75 bits per heavy atom. The number of amides is 1. The van der Waals surface area contributed by atoms with Gasteiger partial charge in [-0.2, -0.15) is 0 Å². The summed E-state index contributed by atoms with van der Waals surface area (Å²) in [5.74, 6) is 0.558. The zero-order chi connectivity index (χ0) is 13.9. The van der Waals surface area contributed by atoms with Crippen LogP contribution in [-0.2, 0) is 6.54 Å². The van der Waals surface area contributed by atoms with E-state index in [0.29, 0.717) is 17.9 Å². The monoisotopic (exact) mass is 330 g/mol. The van der Waals surface area contributed by atoms with Gasteiger partial charge in [0.15, 0.2) is 11.5 Å². The summed E-state index contributed by atoms with van der Waals surface area (Å²) >= 11 is 3.40. The second-order valence-corrected chi connectivity index (χ2v) is 5.16. The van der Waals surface area contributed by atoms with Crippen LogP contribution in [0, 0.1) is 0 Å². The molecule has 0 aliphatic heterocycles. The Hall–Kier alpha value is -2.21. The van der Waals surface area contributed by atoms with E-state index in [4.69, 9.17) is 0 Å². The highest BCUT2D eigenvalue weighted by Crippen LogP contribution is 2.12. The number of pyridine rings is 1. The van der Waals surface area contributed by atoms with Gasteiger partial charge < -0.3 is 5.32 Å². The van der Waals surface area contributed by atoms with Crippen molar-refractivity contribution in [3.63, 3.8) is 0 Å². The third-order valence-electron chi connectivity index (χ3n) is 2.88. The molecule has 0 aliphatic carbocycles. The van der Waals surface area contributed by atoms with Gasteiger partial charge in [0, 0.05) is 16.2 Å². The molecule has 6 heteroatoms. The van der Waals surface area contributed by atoms with Gasteiger partial charge >= 0.3 is 0 Å². The maximum absolute atomic E-state index is 12.0. The van der Waals surface area contributed by atoms with E-state index in [-0.39, 0.29) is 5.91 Å². The number of halogens is 1. The van der Waals surface area contributed by atoms with Gasteiger partial charge in [0.25, 0.3) is 5.91 Å². The molecule has 1 aromatic carbocycles. The summed E-state index contributed by atoms with van der Waals surface area (Å²) in [5, 5.41) is 11.0. The molecule has 0 aliphatic rings.